The van der Waals surface area contributed by atoms with E-state index in [4.69, 9.17) is 0 Å². The number of pyridine rings is 1. The predicted octanol–water partition coefficient (Wildman–Crippen LogP) is 2.81. The van der Waals surface area contributed by atoms with Crippen LogP contribution in [0.1, 0.15) is 36.8 Å². The molecule has 1 aliphatic rings. The highest BCUT2D eigenvalue weighted by atomic mass is 16.2. The fraction of sp³-hybridized carbons (Fsp3) is 0.0476. The van der Waals surface area contributed by atoms with Crippen molar-refractivity contribution in [2.45, 2.75) is 6.54 Å². The van der Waals surface area contributed by atoms with Crippen molar-refractivity contribution in [1.82, 2.24) is 10.3 Å². The molecule has 1 aliphatic heterocycles. The Kier molecular flexibility index (Phi) is 4.22. The van der Waals surface area contributed by atoms with Gasteiger partial charge in [0.1, 0.15) is 0 Å². The number of nitrogens with one attached hydrogen (secondary N) is 1. The third-order valence-electron chi connectivity index (χ3n) is 4.34. The predicted molar refractivity (Wildman–Crippen MR) is 99.4 cm³/mol. The van der Waals surface area contributed by atoms with Gasteiger partial charge in [-0.15, -0.1) is 0 Å². The van der Waals surface area contributed by atoms with Gasteiger partial charge in [-0.2, -0.15) is 0 Å². The molecule has 4 rings (SSSR count). The molecule has 6 nitrogen and oxygen atoms in total. The largest absolute Gasteiger partial charge is 0.346 e. The van der Waals surface area contributed by atoms with Crippen LogP contribution in [0.25, 0.3) is 0 Å². The number of rotatable bonds is 4. The molecule has 0 aliphatic carbocycles. The van der Waals surface area contributed by atoms with E-state index in [-0.39, 0.29) is 17.7 Å². The summed E-state index contributed by atoms with van der Waals surface area (Å²) in [4.78, 5) is 42.6. The molecule has 132 valence electrons. The van der Waals surface area contributed by atoms with Gasteiger partial charge in [0.25, 0.3) is 17.7 Å². The van der Waals surface area contributed by atoms with Gasteiger partial charge in [-0.3, -0.25) is 19.4 Å². The number of benzene rings is 2. The number of amides is 3. The Hall–Kier alpha value is -3.80. The minimum atomic E-state index is -0.358. The Morgan fingerprint density at radius 2 is 1.48 bits per heavy atom. The van der Waals surface area contributed by atoms with Crippen molar-refractivity contribution in [2.75, 3.05) is 4.90 Å². The summed E-state index contributed by atoms with van der Waals surface area (Å²) in [5.74, 6) is -0.972. The van der Waals surface area contributed by atoms with Crippen molar-refractivity contribution in [3.05, 3.63) is 95.3 Å². The number of hydrogen-bond acceptors (Lipinski definition) is 4. The highest BCUT2D eigenvalue weighted by Gasteiger charge is 2.36. The summed E-state index contributed by atoms with van der Waals surface area (Å²) in [6, 6.07) is 18.6. The summed E-state index contributed by atoms with van der Waals surface area (Å²) in [6.45, 7) is 0.319. The van der Waals surface area contributed by atoms with Gasteiger partial charge in [0, 0.05) is 11.8 Å². The maximum Gasteiger partial charge on any atom is 0.266 e. The Morgan fingerprint density at radius 3 is 2.07 bits per heavy atom. The molecular weight excluding hydrogens is 342 g/mol. The Morgan fingerprint density at radius 1 is 0.852 bits per heavy atom. The minimum absolute atomic E-state index is 0.255. The van der Waals surface area contributed by atoms with Gasteiger partial charge in [0.05, 0.1) is 29.1 Å². The molecule has 3 amide bonds. The van der Waals surface area contributed by atoms with Crippen LogP contribution in [-0.4, -0.2) is 22.7 Å². The molecule has 0 saturated heterocycles. The van der Waals surface area contributed by atoms with Crippen LogP contribution >= 0.6 is 0 Å². The number of carbonyl (C=O) groups excluding carboxylic acids is 3. The van der Waals surface area contributed by atoms with Crippen molar-refractivity contribution >= 4 is 23.4 Å². The normalized spacial score (nSPS) is 12.8. The molecule has 0 fully saturated rings. The SMILES string of the molecule is O=C(NCc1ccccn1)c1ccc(N2C(=O)c3ccccc3C2=O)cc1. The van der Waals surface area contributed by atoms with E-state index < -0.39 is 0 Å². The number of fused-ring (bicyclic) bond motifs is 1. The van der Waals surface area contributed by atoms with E-state index in [0.717, 1.165) is 10.6 Å². The molecule has 0 atom stereocenters. The zero-order chi connectivity index (χ0) is 18.8. The molecule has 2 heterocycles. The number of anilines is 1. The van der Waals surface area contributed by atoms with Crippen molar-refractivity contribution in [3.8, 4) is 0 Å². The lowest BCUT2D eigenvalue weighted by atomic mass is 10.1. The maximum atomic E-state index is 12.5. The van der Waals surface area contributed by atoms with Crippen molar-refractivity contribution in [2.24, 2.45) is 0 Å². The molecule has 0 bridgehead atoms. The molecular formula is C21H15N3O3. The smallest absolute Gasteiger partial charge is 0.266 e. The average Bonchev–Trinajstić information content (AvgIpc) is 2.98. The Labute approximate surface area is 155 Å². The molecule has 3 aromatic rings. The molecule has 0 unspecified atom stereocenters. The molecule has 0 saturated carbocycles. The van der Waals surface area contributed by atoms with E-state index >= 15 is 0 Å². The molecule has 1 aromatic heterocycles. The van der Waals surface area contributed by atoms with Crippen LogP contribution in [-0.2, 0) is 6.54 Å². The van der Waals surface area contributed by atoms with Crippen LogP contribution in [0.5, 0.6) is 0 Å². The molecule has 0 radical (unpaired) electrons. The lowest BCUT2D eigenvalue weighted by molar-refractivity contribution is 0.0923. The van der Waals surface area contributed by atoms with Gasteiger partial charge in [-0.1, -0.05) is 18.2 Å². The van der Waals surface area contributed by atoms with Gasteiger partial charge >= 0.3 is 0 Å². The number of imide groups is 1. The van der Waals surface area contributed by atoms with Crippen LogP contribution in [0, 0.1) is 0 Å². The summed E-state index contributed by atoms with van der Waals surface area (Å²) in [7, 11) is 0. The summed E-state index contributed by atoms with van der Waals surface area (Å²) in [6.07, 6.45) is 1.67. The summed E-state index contributed by atoms with van der Waals surface area (Å²) in [5.41, 5.74) is 2.40. The number of carbonyl (C=O) groups is 3. The van der Waals surface area contributed by atoms with Gasteiger partial charge in [-0.25, -0.2) is 4.90 Å². The van der Waals surface area contributed by atoms with E-state index in [1.54, 1.807) is 54.7 Å². The summed E-state index contributed by atoms with van der Waals surface area (Å²) in [5, 5.41) is 2.79. The van der Waals surface area contributed by atoms with Crippen molar-refractivity contribution in [1.29, 1.82) is 0 Å². The van der Waals surface area contributed by atoms with Gasteiger partial charge in [0.2, 0.25) is 0 Å². The molecule has 1 N–H and O–H groups in total. The number of aromatic nitrogens is 1. The third kappa shape index (κ3) is 3.08. The van der Waals surface area contributed by atoms with Crippen molar-refractivity contribution < 1.29 is 14.4 Å². The third-order valence-corrected chi connectivity index (χ3v) is 4.34. The standard InChI is InChI=1S/C21H15N3O3/c25-19(23-13-15-5-3-4-12-22-15)14-8-10-16(11-9-14)24-20(26)17-6-1-2-7-18(17)21(24)27/h1-12H,13H2,(H,23,25). The monoisotopic (exact) mass is 357 g/mol. The van der Waals surface area contributed by atoms with Crippen LogP contribution in [0.3, 0.4) is 0 Å². The van der Waals surface area contributed by atoms with Crippen LogP contribution in [0.2, 0.25) is 0 Å². The first-order chi connectivity index (χ1) is 13.1. The molecule has 6 heteroatoms. The van der Waals surface area contributed by atoms with Gasteiger partial charge < -0.3 is 5.32 Å². The number of hydrogen-bond donors (Lipinski definition) is 1. The van der Waals surface area contributed by atoms with Gasteiger partial charge in [-0.05, 0) is 48.5 Å². The fourth-order valence-electron chi connectivity index (χ4n) is 2.96. The van der Waals surface area contributed by atoms with E-state index in [1.807, 2.05) is 18.2 Å². The zero-order valence-corrected chi connectivity index (χ0v) is 14.3. The van der Waals surface area contributed by atoms with E-state index in [9.17, 15) is 14.4 Å². The topological polar surface area (TPSA) is 79.4 Å². The van der Waals surface area contributed by atoms with Crippen molar-refractivity contribution in [3.63, 3.8) is 0 Å². The van der Waals surface area contributed by atoms with Crippen LogP contribution in [0.4, 0.5) is 5.69 Å². The zero-order valence-electron chi connectivity index (χ0n) is 14.3. The van der Waals surface area contributed by atoms with E-state index in [0.29, 0.717) is 28.9 Å². The maximum absolute atomic E-state index is 12.5. The summed E-state index contributed by atoms with van der Waals surface area (Å²) < 4.78 is 0. The summed E-state index contributed by atoms with van der Waals surface area (Å²) >= 11 is 0. The molecule has 27 heavy (non-hydrogen) atoms. The van der Waals surface area contributed by atoms with E-state index in [2.05, 4.69) is 10.3 Å². The highest BCUT2D eigenvalue weighted by Crippen LogP contribution is 2.28. The highest BCUT2D eigenvalue weighted by molar-refractivity contribution is 6.34. The lowest BCUT2D eigenvalue weighted by Crippen LogP contribution is -2.29. The van der Waals surface area contributed by atoms with E-state index in [1.165, 1.54) is 0 Å². The average molecular weight is 357 g/mol. The quantitative estimate of drug-likeness (QED) is 0.728. The first kappa shape index (κ1) is 16.7. The second kappa shape index (κ2) is 6.84. The van der Waals surface area contributed by atoms with Gasteiger partial charge in [0.15, 0.2) is 0 Å². The van der Waals surface area contributed by atoms with Crippen LogP contribution in [0.15, 0.2) is 72.9 Å². The molecule has 2 aromatic carbocycles. The number of nitrogens with zero attached hydrogens (tertiary/aromatic N) is 2. The second-order valence-corrected chi connectivity index (χ2v) is 6.04. The Bertz CT molecular complexity index is 995. The lowest BCUT2D eigenvalue weighted by Gasteiger charge is -2.14. The molecule has 0 spiro atoms. The minimum Gasteiger partial charge on any atom is -0.346 e. The Balaban J connectivity index is 1.49. The fourth-order valence-corrected chi connectivity index (χ4v) is 2.96. The first-order valence-corrected chi connectivity index (χ1v) is 8.41. The first-order valence-electron chi connectivity index (χ1n) is 8.41. The second-order valence-electron chi connectivity index (χ2n) is 6.04. The van der Waals surface area contributed by atoms with Crippen LogP contribution < -0.4 is 10.2 Å².